The molecule has 2 nitrogen and oxygen atoms in total. The summed E-state index contributed by atoms with van der Waals surface area (Å²) in [5.41, 5.74) is 4.73. The van der Waals surface area contributed by atoms with E-state index in [1.807, 2.05) is 0 Å². The third-order valence-electron chi connectivity index (χ3n) is 3.19. The first-order valence-corrected chi connectivity index (χ1v) is 7.10. The van der Waals surface area contributed by atoms with Crippen molar-refractivity contribution in [3.8, 4) is 10.6 Å². The van der Waals surface area contributed by atoms with E-state index in [1.54, 1.807) is 11.3 Å². The van der Waals surface area contributed by atoms with Crippen molar-refractivity contribution in [2.24, 2.45) is 0 Å². The fourth-order valence-electron chi connectivity index (χ4n) is 2.01. The van der Waals surface area contributed by atoms with Crippen LogP contribution in [0, 0.1) is 6.92 Å². The van der Waals surface area contributed by atoms with Gasteiger partial charge in [0.25, 0.3) is 0 Å². The Morgan fingerprint density at radius 1 is 1.00 bits per heavy atom. The summed E-state index contributed by atoms with van der Waals surface area (Å²) < 4.78 is 1.24. The molecule has 96 valence electrons. The molecule has 0 unspecified atom stereocenters. The third kappa shape index (κ3) is 2.34. The first-order chi connectivity index (χ1) is 9.13. The summed E-state index contributed by atoms with van der Waals surface area (Å²) in [5.74, 6) is 0. The molecule has 0 radical (unpaired) electrons. The number of rotatable bonds is 2. The molecule has 0 aliphatic heterocycles. The molecule has 0 atom stereocenters. The largest absolute Gasteiger partial charge is 0.378 e. The molecule has 1 heterocycles. The molecule has 0 aliphatic carbocycles. The molecule has 0 N–H and O–H groups in total. The highest BCUT2D eigenvalue weighted by Gasteiger charge is 2.07. The van der Waals surface area contributed by atoms with Crippen LogP contribution in [-0.4, -0.2) is 19.1 Å². The highest BCUT2D eigenvalue weighted by molar-refractivity contribution is 7.21. The van der Waals surface area contributed by atoms with Crippen LogP contribution in [0.4, 0.5) is 5.69 Å². The van der Waals surface area contributed by atoms with E-state index >= 15 is 0 Å². The molecule has 0 saturated heterocycles. The Balaban J connectivity index is 2.08. The lowest BCUT2D eigenvalue weighted by molar-refractivity contribution is 1.13. The summed E-state index contributed by atoms with van der Waals surface area (Å²) in [4.78, 5) is 6.85. The molecule has 0 aliphatic rings. The number of aryl methyl sites for hydroxylation is 1. The number of anilines is 1. The van der Waals surface area contributed by atoms with Gasteiger partial charge >= 0.3 is 0 Å². The Morgan fingerprint density at radius 3 is 2.42 bits per heavy atom. The third-order valence-corrected chi connectivity index (χ3v) is 4.27. The highest BCUT2D eigenvalue weighted by atomic mass is 32.1. The number of aromatic nitrogens is 1. The van der Waals surface area contributed by atoms with E-state index in [1.165, 1.54) is 21.5 Å². The van der Waals surface area contributed by atoms with Gasteiger partial charge in [-0.3, -0.25) is 0 Å². The fraction of sp³-hybridized carbons (Fsp3) is 0.188. The lowest BCUT2D eigenvalue weighted by Crippen LogP contribution is -2.07. The second-order valence-corrected chi connectivity index (χ2v) is 5.96. The number of hydrogen-bond acceptors (Lipinski definition) is 3. The topological polar surface area (TPSA) is 16.1 Å². The molecule has 3 heteroatoms. The Bertz CT molecular complexity index is 711. The minimum Gasteiger partial charge on any atom is -0.378 e. The van der Waals surface area contributed by atoms with Crippen molar-refractivity contribution in [3.05, 3.63) is 48.0 Å². The number of nitrogens with zero attached hydrogens (tertiary/aromatic N) is 2. The SMILES string of the molecule is Cc1ccc(-c2nc3cc(N(C)C)ccc3s2)cc1. The zero-order chi connectivity index (χ0) is 13.4. The minimum absolute atomic E-state index is 1.08. The van der Waals surface area contributed by atoms with E-state index in [9.17, 15) is 0 Å². The van der Waals surface area contributed by atoms with Gasteiger partial charge in [0.15, 0.2) is 0 Å². The van der Waals surface area contributed by atoms with Crippen molar-refractivity contribution in [2.45, 2.75) is 6.92 Å². The van der Waals surface area contributed by atoms with Gasteiger partial charge in [0.05, 0.1) is 10.2 Å². The van der Waals surface area contributed by atoms with Crippen LogP contribution < -0.4 is 4.90 Å². The molecular formula is C16H16N2S. The van der Waals surface area contributed by atoms with Crippen LogP contribution in [0.1, 0.15) is 5.56 Å². The first-order valence-electron chi connectivity index (χ1n) is 6.28. The molecule has 3 aromatic rings. The number of hydrogen-bond donors (Lipinski definition) is 0. The molecule has 0 spiro atoms. The smallest absolute Gasteiger partial charge is 0.124 e. The summed E-state index contributed by atoms with van der Waals surface area (Å²) in [6.07, 6.45) is 0. The van der Waals surface area contributed by atoms with E-state index in [4.69, 9.17) is 4.98 Å². The van der Waals surface area contributed by atoms with Crippen LogP contribution in [-0.2, 0) is 0 Å². The summed E-state index contributed by atoms with van der Waals surface area (Å²) in [5, 5.41) is 1.09. The molecule has 3 rings (SSSR count). The normalized spacial score (nSPS) is 10.9. The molecule has 19 heavy (non-hydrogen) atoms. The van der Waals surface area contributed by atoms with Gasteiger partial charge in [0.2, 0.25) is 0 Å². The van der Waals surface area contributed by atoms with E-state index in [2.05, 4.69) is 68.4 Å². The van der Waals surface area contributed by atoms with E-state index < -0.39 is 0 Å². The Hall–Kier alpha value is -1.87. The van der Waals surface area contributed by atoms with Gasteiger partial charge in [0.1, 0.15) is 5.01 Å². The molecule has 2 aromatic carbocycles. The van der Waals surface area contributed by atoms with Crippen molar-refractivity contribution in [3.63, 3.8) is 0 Å². The number of thiazole rings is 1. The summed E-state index contributed by atoms with van der Waals surface area (Å²) in [6, 6.07) is 15.0. The van der Waals surface area contributed by atoms with Crippen LogP contribution in [0.3, 0.4) is 0 Å². The van der Waals surface area contributed by atoms with Crippen molar-refractivity contribution in [1.82, 2.24) is 4.98 Å². The molecular weight excluding hydrogens is 252 g/mol. The molecule has 1 aromatic heterocycles. The molecule has 0 bridgehead atoms. The van der Waals surface area contributed by atoms with Crippen molar-refractivity contribution in [1.29, 1.82) is 0 Å². The average molecular weight is 268 g/mol. The monoisotopic (exact) mass is 268 g/mol. The lowest BCUT2D eigenvalue weighted by Gasteiger charge is -2.11. The Kier molecular flexibility index (Phi) is 2.99. The zero-order valence-corrected chi connectivity index (χ0v) is 12.2. The van der Waals surface area contributed by atoms with Crippen LogP contribution in [0.15, 0.2) is 42.5 Å². The van der Waals surface area contributed by atoms with Gasteiger partial charge < -0.3 is 4.90 Å². The predicted molar refractivity (Wildman–Crippen MR) is 84.1 cm³/mol. The fourth-order valence-corrected chi connectivity index (χ4v) is 2.97. The second kappa shape index (κ2) is 4.67. The standard InChI is InChI=1S/C16H16N2S/c1-11-4-6-12(7-5-11)16-17-14-10-13(18(2)3)8-9-15(14)19-16/h4-10H,1-3H3. The Morgan fingerprint density at radius 2 is 1.74 bits per heavy atom. The summed E-state index contributed by atoms with van der Waals surface area (Å²) in [6.45, 7) is 2.10. The van der Waals surface area contributed by atoms with Gasteiger partial charge in [-0.05, 0) is 25.1 Å². The van der Waals surface area contributed by atoms with Crippen LogP contribution in [0.5, 0.6) is 0 Å². The maximum Gasteiger partial charge on any atom is 0.124 e. The number of benzene rings is 2. The van der Waals surface area contributed by atoms with Crippen molar-refractivity contribution >= 4 is 27.2 Å². The Labute approximate surface area is 117 Å². The average Bonchev–Trinajstić information content (AvgIpc) is 2.82. The van der Waals surface area contributed by atoms with E-state index in [0.717, 1.165) is 10.5 Å². The van der Waals surface area contributed by atoms with Gasteiger partial charge in [-0.1, -0.05) is 29.8 Å². The predicted octanol–water partition coefficient (Wildman–Crippen LogP) is 4.34. The summed E-state index contributed by atoms with van der Waals surface area (Å²) in [7, 11) is 4.10. The van der Waals surface area contributed by atoms with Gasteiger partial charge in [-0.15, -0.1) is 11.3 Å². The maximum atomic E-state index is 4.75. The van der Waals surface area contributed by atoms with E-state index in [-0.39, 0.29) is 0 Å². The molecule has 0 amide bonds. The number of fused-ring (bicyclic) bond motifs is 1. The van der Waals surface area contributed by atoms with Crippen LogP contribution >= 0.6 is 11.3 Å². The van der Waals surface area contributed by atoms with Crippen LogP contribution in [0.25, 0.3) is 20.8 Å². The van der Waals surface area contributed by atoms with E-state index in [0.29, 0.717) is 0 Å². The lowest BCUT2D eigenvalue weighted by atomic mass is 10.2. The molecule has 0 saturated carbocycles. The second-order valence-electron chi connectivity index (χ2n) is 4.93. The maximum absolute atomic E-state index is 4.75. The van der Waals surface area contributed by atoms with Gasteiger partial charge in [-0.25, -0.2) is 4.98 Å². The van der Waals surface area contributed by atoms with Crippen molar-refractivity contribution < 1.29 is 0 Å². The minimum atomic E-state index is 1.08. The highest BCUT2D eigenvalue weighted by Crippen LogP contribution is 2.32. The summed E-state index contributed by atoms with van der Waals surface area (Å²) >= 11 is 1.75. The van der Waals surface area contributed by atoms with Gasteiger partial charge in [-0.2, -0.15) is 0 Å². The zero-order valence-electron chi connectivity index (χ0n) is 11.3. The van der Waals surface area contributed by atoms with Gasteiger partial charge in [0, 0.05) is 25.3 Å². The van der Waals surface area contributed by atoms with Crippen LogP contribution in [0.2, 0.25) is 0 Å². The quantitative estimate of drug-likeness (QED) is 0.687. The van der Waals surface area contributed by atoms with Crippen molar-refractivity contribution in [2.75, 3.05) is 19.0 Å². The molecule has 0 fully saturated rings. The first kappa shape index (κ1) is 12.2.